The Labute approximate surface area is 89.4 Å². The fourth-order valence-corrected chi connectivity index (χ4v) is 0.693. The van der Waals surface area contributed by atoms with E-state index in [0.29, 0.717) is 0 Å². The number of halogens is 5. The molecule has 1 unspecified atom stereocenters. The fourth-order valence-electron chi connectivity index (χ4n) is 0.693. The summed E-state index contributed by atoms with van der Waals surface area (Å²) >= 11 is 0. The molecule has 0 bridgehead atoms. The van der Waals surface area contributed by atoms with Gasteiger partial charge in [-0.1, -0.05) is 0 Å². The zero-order chi connectivity index (χ0) is 13.0. The number of nitrogens with one attached hydrogen (secondary N) is 1. The molecule has 0 aliphatic heterocycles. The van der Waals surface area contributed by atoms with Crippen LogP contribution in [-0.2, 0) is 4.74 Å². The van der Waals surface area contributed by atoms with Crippen LogP contribution in [0.5, 0.6) is 0 Å². The van der Waals surface area contributed by atoms with E-state index in [-0.39, 0.29) is 5.88 Å². The summed E-state index contributed by atoms with van der Waals surface area (Å²) in [5.74, 6) is -5.11. The molecule has 0 aliphatic carbocycles. The Bertz CT molecular complexity index is 249. The highest BCUT2D eigenvalue weighted by molar-refractivity contribution is 4.95. The minimum absolute atomic E-state index is 0.223. The van der Waals surface area contributed by atoms with Crippen molar-refractivity contribution in [3.8, 4) is 0 Å². The molecule has 0 radical (unpaired) electrons. The Morgan fingerprint density at radius 2 is 1.88 bits per heavy atom. The lowest BCUT2D eigenvalue weighted by molar-refractivity contribution is -0.294. The molecule has 8 heteroatoms. The minimum atomic E-state index is -5.62. The first kappa shape index (κ1) is 14.9. The Morgan fingerprint density at radius 3 is 2.19 bits per heavy atom. The number of hydrogen-bond acceptors (Lipinski definition) is 3. The van der Waals surface area contributed by atoms with E-state index in [9.17, 15) is 22.0 Å². The van der Waals surface area contributed by atoms with Crippen LogP contribution in [0.1, 0.15) is 6.92 Å². The van der Waals surface area contributed by atoms with Crippen molar-refractivity contribution in [1.82, 2.24) is 5.32 Å². The van der Waals surface area contributed by atoms with Crippen LogP contribution in [0.25, 0.3) is 0 Å². The summed E-state index contributed by atoms with van der Waals surface area (Å²) in [6.45, 7) is -0.265. The Balaban J connectivity index is 4.44. The summed E-state index contributed by atoms with van der Waals surface area (Å²) in [5, 5.41) is 2.32. The van der Waals surface area contributed by atoms with Crippen molar-refractivity contribution in [3.63, 3.8) is 0 Å². The molecule has 0 aromatic heterocycles. The van der Waals surface area contributed by atoms with Crippen LogP contribution >= 0.6 is 0 Å². The highest BCUT2D eigenvalue weighted by atomic mass is 19.4. The van der Waals surface area contributed by atoms with Gasteiger partial charge < -0.3 is 15.8 Å². The first-order valence-corrected chi connectivity index (χ1v) is 4.32. The molecule has 0 aliphatic rings. The number of nitrogens with two attached hydrogens (primary N) is 1. The molecule has 16 heavy (non-hydrogen) atoms. The number of rotatable bonds is 5. The maximum Gasteiger partial charge on any atom is 0.456 e. The standard InChI is InChI=1S/C8H13F5N2O/c1-5(14)3-6(15-2)16-4-7(9,10)8(11,12)13/h3,5,15H,4,14H2,1-2H3/b6-3+. The number of ether oxygens (including phenoxy) is 1. The molecule has 0 saturated heterocycles. The van der Waals surface area contributed by atoms with Crippen molar-refractivity contribution < 1.29 is 26.7 Å². The van der Waals surface area contributed by atoms with Gasteiger partial charge in [-0.25, -0.2) is 0 Å². The molecule has 0 rings (SSSR count). The summed E-state index contributed by atoms with van der Waals surface area (Å²) in [6, 6.07) is -0.526. The molecular formula is C8H13F5N2O. The van der Waals surface area contributed by atoms with Gasteiger partial charge in [-0.2, -0.15) is 22.0 Å². The molecule has 0 heterocycles. The van der Waals surface area contributed by atoms with Gasteiger partial charge in [0, 0.05) is 13.1 Å². The van der Waals surface area contributed by atoms with Crippen LogP contribution in [0.3, 0.4) is 0 Å². The van der Waals surface area contributed by atoms with Crippen LogP contribution in [0.4, 0.5) is 22.0 Å². The lowest BCUT2D eigenvalue weighted by Crippen LogP contribution is -2.41. The average molecular weight is 248 g/mol. The van der Waals surface area contributed by atoms with Crippen molar-refractivity contribution in [3.05, 3.63) is 12.0 Å². The SMILES string of the molecule is CN/C(=C\C(C)N)OCC(F)(F)C(F)(F)F. The Hall–Kier alpha value is -1.05. The monoisotopic (exact) mass is 248 g/mol. The van der Waals surface area contributed by atoms with E-state index in [1.54, 1.807) is 0 Å². The van der Waals surface area contributed by atoms with Gasteiger partial charge in [0.2, 0.25) is 0 Å². The third kappa shape index (κ3) is 4.65. The van der Waals surface area contributed by atoms with Crippen LogP contribution in [0.15, 0.2) is 12.0 Å². The van der Waals surface area contributed by atoms with E-state index in [1.165, 1.54) is 20.0 Å². The molecule has 3 nitrogen and oxygen atoms in total. The molecule has 0 saturated carbocycles. The van der Waals surface area contributed by atoms with E-state index in [1.807, 2.05) is 0 Å². The van der Waals surface area contributed by atoms with Gasteiger partial charge in [0.15, 0.2) is 12.5 Å². The first-order valence-electron chi connectivity index (χ1n) is 4.32. The van der Waals surface area contributed by atoms with Crippen molar-refractivity contribution in [2.24, 2.45) is 5.73 Å². The number of alkyl halides is 5. The van der Waals surface area contributed by atoms with Crippen LogP contribution in [0, 0.1) is 0 Å². The van der Waals surface area contributed by atoms with Gasteiger partial charge in [0.1, 0.15) is 0 Å². The van der Waals surface area contributed by atoms with Crippen molar-refractivity contribution >= 4 is 0 Å². The predicted molar refractivity (Wildman–Crippen MR) is 47.7 cm³/mol. The molecule has 0 fully saturated rings. The minimum Gasteiger partial charge on any atom is -0.473 e. The third-order valence-electron chi connectivity index (χ3n) is 1.48. The third-order valence-corrected chi connectivity index (χ3v) is 1.48. The van der Waals surface area contributed by atoms with Gasteiger partial charge in [0.05, 0.1) is 0 Å². The van der Waals surface area contributed by atoms with Crippen LogP contribution < -0.4 is 11.1 Å². The molecule has 0 spiro atoms. The fraction of sp³-hybridized carbons (Fsp3) is 0.750. The molecule has 3 N–H and O–H groups in total. The van der Waals surface area contributed by atoms with Crippen molar-refractivity contribution in [2.45, 2.75) is 25.1 Å². The summed E-state index contributed by atoms with van der Waals surface area (Å²) in [6.07, 6.45) is -4.44. The molecule has 1 atom stereocenters. The van der Waals surface area contributed by atoms with E-state index in [0.717, 1.165) is 0 Å². The molecule has 96 valence electrons. The van der Waals surface area contributed by atoms with Gasteiger partial charge in [-0.05, 0) is 13.0 Å². The normalized spacial score (nSPS) is 15.9. The van der Waals surface area contributed by atoms with E-state index in [2.05, 4.69) is 10.1 Å². The topological polar surface area (TPSA) is 47.3 Å². The maximum atomic E-state index is 12.4. The molecule has 0 aromatic rings. The van der Waals surface area contributed by atoms with E-state index >= 15 is 0 Å². The van der Waals surface area contributed by atoms with Gasteiger partial charge in [0.25, 0.3) is 0 Å². The lowest BCUT2D eigenvalue weighted by atomic mass is 10.3. The van der Waals surface area contributed by atoms with Gasteiger partial charge in [-0.15, -0.1) is 0 Å². The Kier molecular flexibility index (Phi) is 4.98. The molecular weight excluding hydrogens is 235 g/mol. The largest absolute Gasteiger partial charge is 0.473 e. The van der Waals surface area contributed by atoms with Crippen molar-refractivity contribution in [2.75, 3.05) is 13.7 Å². The second-order valence-corrected chi connectivity index (χ2v) is 3.13. The zero-order valence-electron chi connectivity index (χ0n) is 8.74. The van der Waals surface area contributed by atoms with E-state index in [4.69, 9.17) is 5.73 Å². The highest BCUT2D eigenvalue weighted by Crippen LogP contribution is 2.35. The predicted octanol–water partition coefficient (Wildman–Crippen LogP) is 1.61. The highest BCUT2D eigenvalue weighted by Gasteiger charge is 2.58. The smallest absolute Gasteiger partial charge is 0.456 e. The van der Waals surface area contributed by atoms with Crippen molar-refractivity contribution in [1.29, 1.82) is 0 Å². The van der Waals surface area contributed by atoms with Crippen LogP contribution in [0.2, 0.25) is 0 Å². The second kappa shape index (κ2) is 5.33. The molecule has 0 aromatic carbocycles. The summed E-state index contributed by atoms with van der Waals surface area (Å²) in [7, 11) is 1.32. The Morgan fingerprint density at radius 1 is 1.38 bits per heavy atom. The van der Waals surface area contributed by atoms with Gasteiger partial charge in [-0.3, -0.25) is 0 Å². The maximum absolute atomic E-state index is 12.4. The van der Waals surface area contributed by atoms with E-state index < -0.39 is 24.7 Å². The molecule has 0 amide bonds. The second-order valence-electron chi connectivity index (χ2n) is 3.13. The number of hydrogen-bond donors (Lipinski definition) is 2. The summed E-state index contributed by atoms with van der Waals surface area (Å²) in [5.41, 5.74) is 5.29. The van der Waals surface area contributed by atoms with Crippen LogP contribution in [-0.4, -0.2) is 31.8 Å². The lowest BCUT2D eigenvalue weighted by Gasteiger charge is -2.20. The first-order chi connectivity index (χ1) is 7.10. The van der Waals surface area contributed by atoms with Gasteiger partial charge >= 0.3 is 12.1 Å². The summed E-state index contributed by atoms with van der Waals surface area (Å²) in [4.78, 5) is 0. The quantitative estimate of drug-likeness (QED) is 0.574. The average Bonchev–Trinajstić information content (AvgIpc) is 2.09. The zero-order valence-corrected chi connectivity index (χ0v) is 8.74. The summed E-state index contributed by atoms with van der Waals surface area (Å²) < 4.78 is 64.4.